The lowest BCUT2D eigenvalue weighted by Gasteiger charge is -2.06. The quantitative estimate of drug-likeness (QED) is 0.926. The van der Waals surface area contributed by atoms with Crippen molar-refractivity contribution in [3.63, 3.8) is 0 Å². The highest BCUT2D eigenvalue weighted by Gasteiger charge is 2.31. The summed E-state index contributed by atoms with van der Waals surface area (Å²) < 4.78 is 42.6. The summed E-state index contributed by atoms with van der Waals surface area (Å²) in [5, 5.41) is 9.34. The second kappa shape index (κ2) is 4.60. The molecule has 0 saturated carbocycles. The molecule has 102 valence electrons. The predicted molar refractivity (Wildman–Crippen MR) is 61.7 cm³/mol. The highest BCUT2D eigenvalue weighted by Crippen LogP contribution is 2.33. The molecule has 3 nitrogen and oxygen atoms in total. The Labute approximate surface area is 106 Å². The number of fused-ring (bicyclic) bond motifs is 1. The van der Waals surface area contributed by atoms with Crippen LogP contribution < -0.4 is 0 Å². The third kappa shape index (κ3) is 2.72. The Bertz CT molecular complexity index is 613. The van der Waals surface area contributed by atoms with Crippen molar-refractivity contribution < 1.29 is 27.5 Å². The number of hydrogen-bond acceptors (Lipinski definition) is 2. The van der Waals surface area contributed by atoms with Crippen LogP contribution in [-0.2, 0) is 17.4 Å². The van der Waals surface area contributed by atoms with E-state index in [2.05, 4.69) is 0 Å². The maximum atomic E-state index is 12.5. The standard InChI is InChI=1S/C13H11F3O3/c1-7(12(17)18)4-8-6-19-11-5-9(13(14,15)16)2-3-10(8)11/h2-3,5-7H,4H2,1H3,(H,17,18). The molecule has 1 atom stereocenters. The fourth-order valence-electron chi connectivity index (χ4n) is 1.83. The molecule has 0 aliphatic heterocycles. The van der Waals surface area contributed by atoms with Gasteiger partial charge in [-0.05, 0) is 24.1 Å². The first kappa shape index (κ1) is 13.5. The minimum Gasteiger partial charge on any atom is -0.481 e. The molecule has 1 N–H and O–H groups in total. The number of rotatable bonds is 3. The Kier molecular flexibility index (Phi) is 3.26. The van der Waals surface area contributed by atoms with Crippen LogP contribution >= 0.6 is 0 Å². The minimum absolute atomic E-state index is 0.113. The molecule has 0 amide bonds. The molecule has 0 saturated heterocycles. The number of hydrogen-bond donors (Lipinski definition) is 1. The maximum Gasteiger partial charge on any atom is 0.416 e. The van der Waals surface area contributed by atoms with Gasteiger partial charge in [0.15, 0.2) is 0 Å². The van der Waals surface area contributed by atoms with Gasteiger partial charge in [-0.3, -0.25) is 4.79 Å². The van der Waals surface area contributed by atoms with E-state index in [4.69, 9.17) is 9.52 Å². The average molecular weight is 272 g/mol. The normalized spacial score (nSPS) is 13.7. The summed E-state index contributed by atoms with van der Waals surface area (Å²) in [5.41, 5.74) is -0.0757. The van der Waals surface area contributed by atoms with E-state index in [-0.39, 0.29) is 12.0 Å². The molecule has 0 aliphatic carbocycles. The molecule has 19 heavy (non-hydrogen) atoms. The number of carbonyl (C=O) groups is 1. The van der Waals surface area contributed by atoms with Crippen LogP contribution in [0.15, 0.2) is 28.9 Å². The lowest BCUT2D eigenvalue weighted by Crippen LogP contribution is -2.11. The Morgan fingerprint density at radius 2 is 2.11 bits per heavy atom. The molecule has 6 heteroatoms. The lowest BCUT2D eigenvalue weighted by molar-refractivity contribution is -0.141. The van der Waals surface area contributed by atoms with Gasteiger partial charge in [-0.25, -0.2) is 0 Å². The third-order valence-corrected chi connectivity index (χ3v) is 2.93. The van der Waals surface area contributed by atoms with Crippen LogP contribution in [0.4, 0.5) is 13.2 Å². The van der Waals surface area contributed by atoms with Crippen LogP contribution in [0.1, 0.15) is 18.1 Å². The van der Waals surface area contributed by atoms with Gasteiger partial charge in [0.1, 0.15) is 5.58 Å². The van der Waals surface area contributed by atoms with E-state index < -0.39 is 23.6 Å². The number of furan rings is 1. The van der Waals surface area contributed by atoms with Crippen LogP contribution in [0.25, 0.3) is 11.0 Å². The Balaban J connectivity index is 2.37. The number of carboxylic acids is 1. The zero-order chi connectivity index (χ0) is 14.2. The maximum absolute atomic E-state index is 12.5. The molecule has 1 aromatic carbocycles. The van der Waals surface area contributed by atoms with Crippen molar-refractivity contribution in [3.05, 3.63) is 35.6 Å². The van der Waals surface area contributed by atoms with Crippen molar-refractivity contribution in [2.75, 3.05) is 0 Å². The van der Waals surface area contributed by atoms with E-state index in [1.54, 1.807) is 0 Å². The molecule has 2 rings (SSSR count). The summed E-state index contributed by atoms with van der Waals surface area (Å²) in [6, 6.07) is 3.20. The molecule has 1 unspecified atom stereocenters. The molecule has 0 radical (unpaired) electrons. The SMILES string of the molecule is CC(Cc1coc2cc(C(F)(F)F)ccc12)C(=O)O. The second-order valence-electron chi connectivity index (χ2n) is 4.41. The summed E-state index contributed by atoms with van der Waals surface area (Å²) in [4.78, 5) is 10.8. The number of benzene rings is 1. The van der Waals surface area contributed by atoms with E-state index in [9.17, 15) is 18.0 Å². The van der Waals surface area contributed by atoms with Gasteiger partial charge in [0, 0.05) is 5.39 Å². The fraction of sp³-hybridized carbons (Fsp3) is 0.308. The molecule has 2 aromatic rings. The third-order valence-electron chi connectivity index (χ3n) is 2.93. The van der Waals surface area contributed by atoms with Crippen LogP contribution in [0.2, 0.25) is 0 Å². The van der Waals surface area contributed by atoms with E-state index in [0.717, 1.165) is 12.1 Å². The molecule has 0 spiro atoms. The van der Waals surface area contributed by atoms with Crippen LogP contribution in [0.5, 0.6) is 0 Å². The minimum atomic E-state index is -4.42. The summed E-state index contributed by atoms with van der Waals surface area (Å²) >= 11 is 0. The van der Waals surface area contributed by atoms with Gasteiger partial charge in [0.25, 0.3) is 0 Å². The van der Waals surface area contributed by atoms with Gasteiger partial charge in [-0.1, -0.05) is 13.0 Å². The Hall–Kier alpha value is -1.98. The van der Waals surface area contributed by atoms with Crippen molar-refractivity contribution in [1.29, 1.82) is 0 Å². The van der Waals surface area contributed by atoms with Gasteiger partial charge in [0.2, 0.25) is 0 Å². The number of alkyl halides is 3. The summed E-state index contributed by atoms with van der Waals surface area (Å²) in [6.45, 7) is 1.53. The number of carboxylic acid groups (broad SMARTS) is 1. The zero-order valence-corrected chi connectivity index (χ0v) is 9.99. The van der Waals surface area contributed by atoms with Gasteiger partial charge in [-0.2, -0.15) is 13.2 Å². The van der Waals surface area contributed by atoms with Crippen LogP contribution in [0.3, 0.4) is 0 Å². The predicted octanol–water partition coefficient (Wildman–Crippen LogP) is 3.71. The van der Waals surface area contributed by atoms with E-state index >= 15 is 0 Å². The zero-order valence-electron chi connectivity index (χ0n) is 9.99. The summed E-state index contributed by atoms with van der Waals surface area (Å²) in [7, 11) is 0. The van der Waals surface area contributed by atoms with E-state index in [1.807, 2.05) is 0 Å². The van der Waals surface area contributed by atoms with Crippen LogP contribution in [-0.4, -0.2) is 11.1 Å². The molecular weight excluding hydrogens is 261 g/mol. The highest BCUT2D eigenvalue weighted by atomic mass is 19.4. The first-order valence-electron chi connectivity index (χ1n) is 5.59. The van der Waals surface area contributed by atoms with E-state index in [0.29, 0.717) is 10.9 Å². The molecular formula is C13H11F3O3. The first-order chi connectivity index (χ1) is 8.79. The van der Waals surface area contributed by atoms with Gasteiger partial charge < -0.3 is 9.52 Å². The van der Waals surface area contributed by atoms with Crippen molar-refractivity contribution in [1.82, 2.24) is 0 Å². The van der Waals surface area contributed by atoms with Crippen molar-refractivity contribution in [2.45, 2.75) is 19.5 Å². The largest absolute Gasteiger partial charge is 0.481 e. The summed E-state index contributed by atoms with van der Waals surface area (Å²) in [6.07, 6.45) is -2.90. The average Bonchev–Trinajstić information content (AvgIpc) is 2.70. The second-order valence-corrected chi connectivity index (χ2v) is 4.41. The smallest absolute Gasteiger partial charge is 0.416 e. The topological polar surface area (TPSA) is 50.4 Å². The van der Waals surface area contributed by atoms with Crippen molar-refractivity contribution in [2.24, 2.45) is 5.92 Å². The fourth-order valence-corrected chi connectivity index (χ4v) is 1.83. The Morgan fingerprint density at radius 1 is 1.42 bits per heavy atom. The lowest BCUT2D eigenvalue weighted by atomic mass is 10.0. The van der Waals surface area contributed by atoms with Crippen molar-refractivity contribution >= 4 is 16.9 Å². The molecule has 1 aromatic heterocycles. The number of aliphatic carboxylic acids is 1. The monoisotopic (exact) mass is 272 g/mol. The van der Waals surface area contributed by atoms with Gasteiger partial charge in [0.05, 0.1) is 17.7 Å². The highest BCUT2D eigenvalue weighted by molar-refractivity contribution is 5.82. The van der Waals surface area contributed by atoms with E-state index in [1.165, 1.54) is 19.3 Å². The first-order valence-corrected chi connectivity index (χ1v) is 5.59. The Morgan fingerprint density at radius 3 is 2.68 bits per heavy atom. The van der Waals surface area contributed by atoms with Crippen molar-refractivity contribution in [3.8, 4) is 0 Å². The van der Waals surface area contributed by atoms with Gasteiger partial charge in [-0.15, -0.1) is 0 Å². The summed E-state index contributed by atoms with van der Waals surface area (Å²) in [5.74, 6) is -1.58. The molecule has 0 aliphatic rings. The number of halogens is 3. The molecule has 0 fully saturated rings. The molecule has 0 bridgehead atoms. The van der Waals surface area contributed by atoms with Crippen LogP contribution in [0, 0.1) is 5.92 Å². The van der Waals surface area contributed by atoms with Gasteiger partial charge >= 0.3 is 12.1 Å². The molecule has 1 heterocycles.